The lowest BCUT2D eigenvalue weighted by Gasteiger charge is -2.31. The van der Waals surface area contributed by atoms with Gasteiger partial charge in [-0.1, -0.05) is 0 Å². The van der Waals surface area contributed by atoms with Gasteiger partial charge in [0.15, 0.2) is 5.82 Å². The summed E-state index contributed by atoms with van der Waals surface area (Å²) in [5.41, 5.74) is 8.87. The van der Waals surface area contributed by atoms with E-state index in [1.165, 1.54) is 0 Å². The molecule has 4 heterocycles. The van der Waals surface area contributed by atoms with Crippen molar-refractivity contribution < 1.29 is 0 Å². The van der Waals surface area contributed by atoms with Gasteiger partial charge in [-0.15, -0.1) is 0 Å². The Kier molecular flexibility index (Phi) is 4.35. The normalized spacial score (nSPS) is 15.3. The zero-order chi connectivity index (χ0) is 17.1. The molecule has 0 amide bonds. The predicted molar refractivity (Wildman–Crippen MR) is 97.9 cm³/mol. The highest BCUT2D eigenvalue weighted by atomic mass is 15.2. The first kappa shape index (κ1) is 15.7. The standard InChI is InChI=1S/C19H20N6/c20-16-5-10-25(11-6-16)18-12-17(14-3-8-21-9-4-14)23-19(24-18)15-2-1-7-22-13-15/h1-4,7-9,12-13,16H,5-6,10-11,20H2. The molecule has 25 heavy (non-hydrogen) atoms. The summed E-state index contributed by atoms with van der Waals surface area (Å²) in [5.74, 6) is 1.62. The second-order valence-corrected chi connectivity index (χ2v) is 6.24. The fourth-order valence-electron chi connectivity index (χ4n) is 3.02. The number of anilines is 1. The van der Waals surface area contributed by atoms with E-state index in [0.29, 0.717) is 5.82 Å². The summed E-state index contributed by atoms with van der Waals surface area (Å²) >= 11 is 0. The topological polar surface area (TPSA) is 80.8 Å². The molecule has 126 valence electrons. The molecule has 0 unspecified atom stereocenters. The van der Waals surface area contributed by atoms with Gasteiger partial charge in [-0.2, -0.15) is 0 Å². The highest BCUT2D eigenvalue weighted by Crippen LogP contribution is 2.27. The third-order valence-corrected chi connectivity index (χ3v) is 4.47. The Morgan fingerprint density at radius 1 is 0.920 bits per heavy atom. The van der Waals surface area contributed by atoms with E-state index < -0.39 is 0 Å². The molecule has 1 aliphatic rings. The number of rotatable bonds is 3. The van der Waals surface area contributed by atoms with Crippen molar-refractivity contribution in [2.45, 2.75) is 18.9 Å². The maximum atomic E-state index is 6.04. The number of nitrogens with zero attached hydrogens (tertiary/aromatic N) is 5. The van der Waals surface area contributed by atoms with E-state index in [1.807, 2.05) is 30.3 Å². The van der Waals surface area contributed by atoms with E-state index in [4.69, 9.17) is 15.7 Å². The van der Waals surface area contributed by atoms with Crippen LogP contribution < -0.4 is 10.6 Å². The van der Waals surface area contributed by atoms with E-state index in [0.717, 1.165) is 48.6 Å². The van der Waals surface area contributed by atoms with Gasteiger partial charge in [0, 0.05) is 61.1 Å². The molecule has 1 fully saturated rings. The van der Waals surface area contributed by atoms with Gasteiger partial charge in [0.05, 0.1) is 5.69 Å². The number of nitrogens with two attached hydrogens (primary N) is 1. The molecule has 3 aromatic heterocycles. The van der Waals surface area contributed by atoms with Gasteiger partial charge in [0.1, 0.15) is 5.82 Å². The van der Waals surface area contributed by atoms with Crippen LogP contribution in [0.2, 0.25) is 0 Å². The largest absolute Gasteiger partial charge is 0.356 e. The predicted octanol–water partition coefficient (Wildman–Crippen LogP) is 2.53. The van der Waals surface area contributed by atoms with Gasteiger partial charge in [-0.05, 0) is 37.1 Å². The fraction of sp³-hybridized carbons (Fsp3) is 0.263. The smallest absolute Gasteiger partial charge is 0.163 e. The minimum absolute atomic E-state index is 0.288. The minimum atomic E-state index is 0.288. The van der Waals surface area contributed by atoms with Crippen molar-refractivity contribution in [2.24, 2.45) is 5.73 Å². The number of hydrogen-bond acceptors (Lipinski definition) is 6. The zero-order valence-electron chi connectivity index (χ0n) is 13.9. The second-order valence-electron chi connectivity index (χ2n) is 6.24. The van der Waals surface area contributed by atoms with Gasteiger partial charge < -0.3 is 10.6 Å². The summed E-state index contributed by atoms with van der Waals surface area (Å²) in [5, 5.41) is 0. The molecular weight excluding hydrogens is 312 g/mol. The van der Waals surface area contributed by atoms with Crippen molar-refractivity contribution in [1.82, 2.24) is 19.9 Å². The van der Waals surface area contributed by atoms with Crippen LogP contribution in [-0.4, -0.2) is 39.1 Å². The van der Waals surface area contributed by atoms with Gasteiger partial charge in [-0.3, -0.25) is 9.97 Å². The van der Waals surface area contributed by atoms with Crippen molar-refractivity contribution in [3.05, 3.63) is 55.1 Å². The van der Waals surface area contributed by atoms with Gasteiger partial charge in [-0.25, -0.2) is 9.97 Å². The first-order valence-electron chi connectivity index (χ1n) is 8.50. The maximum absolute atomic E-state index is 6.04. The first-order valence-corrected chi connectivity index (χ1v) is 8.50. The highest BCUT2D eigenvalue weighted by Gasteiger charge is 2.19. The van der Waals surface area contributed by atoms with Crippen molar-refractivity contribution in [2.75, 3.05) is 18.0 Å². The molecule has 0 saturated carbocycles. The van der Waals surface area contributed by atoms with Crippen LogP contribution >= 0.6 is 0 Å². The third-order valence-electron chi connectivity index (χ3n) is 4.47. The molecule has 1 aliphatic heterocycles. The van der Waals surface area contributed by atoms with Gasteiger partial charge >= 0.3 is 0 Å². The second kappa shape index (κ2) is 6.94. The highest BCUT2D eigenvalue weighted by molar-refractivity contribution is 5.67. The van der Waals surface area contributed by atoms with Crippen molar-refractivity contribution in [1.29, 1.82) is 0 Å². The lowest BCUT2D eigenvalue weighted by Crippen LogP contribution is -2.40. The lowest BCUT2D eigenvalue weighted by atomic mass is 10.1. The molecule has 1 saturated heterocycles. The van der Waals surface area contributed by atoms with Crippen LogP contribution in [0.5, 0.6) is 0 Å². The van der Waals surface area contributed by atoms with Crippen molar-refractivity contribution in [3.63, 3.8) is 0 Å². The van der Waals surface area contributed by atoms with Crippen LogP contribution in [0.25, 0.3) is 22.6 Å². The molecule has 6 nitrogen and oxygen atoms in total. The quantitative estimate of drug-likeness (QED) is 0.794. The molecule has 4 rings (SSSR count). The van der Waals surface area contributed by atoms with Crippen molar-refractivity contribution in [3.8, 4) is 22.6 Å². The first-order chi connectivity index (χ1) is 12.3. The number of piperidine rings is 1. The van der Waals surface area contributed by atoms with Crippen LogP contribution in [-0.2, 0) is 0 Å². The number of aromatic nitrogens is 4. The summed E-state index contributed by atoms with van der Waals surface area (Å²) in [4.78, 5) is 20.1. The Labute approximate surface area is 146 Å². The third kappa shape index (κ3) is 3.49. The van der Waals surface area contributed by atoms with Crippen molar-refractivity contribution >= 4 is 5.82 Å². The van der Waals surface area contributed by atoms with Crippen LogP contribution in [0, 0.1) is 0 Å². The lowest BCUT2D eigenvalue weighted by molar-refractivity contribution is 0.498. The SMILES string of the molecule is NC1CCN(c2cc(-c3ccncc3)nc(-c3cccnc3)n2)CC1. The van der Waals surface area contributed by atoms with E-state index in [1.54, 1.807) is 24.8 Å². The fourth-order valence-corrected chi connectivity index (χ4v) is 3.02. The molecule has 0 bridgehead atoms. The molecule has 0 aliphatic carbocycles. The van der Waals surface area contributed by atoms with Crippen LogP contribution in [0.1, 0.15) is 12.8 Å². The monoisotopic (exact) mass is 332 g/mol. The summed E-state index contributed by atoms with van der Waals surface area (Å²) in [6.45, 7) is 1.83. The molecule has 2 N–H and O–H groups in total. The molecule has 0 spiro atoms. The van der Waals surface area contributed by atoms with Gasteiger partial charge in [0.2, 0.25) is 0 Å². The average Bonchev–Trinajstić information content (AvgIpc) is 2.69. The maximum Gasteiger partial charge on any atom is 0.163 e. The summed E-state index contributed by atoms with van der Waals surface area (Å²) in [7, 11) is 0. The molecule has 6 heteroatoms. The zero-order valence-corrected chi connectivity index (χ0v) is 13.9. The number of pyridine rings is 2. The molecule has 0 radical (unpaired) electrons. The number of hydrogen-bond donors (Lipinski definition) is 1. The van der Waals surface area contributed by atoms with E-state index >= 15 is 0 Å². The van der Waals surface area contributed by atoms with E-state index in [2.05, 4.69) is 14.9 Å². The summed E-state index contributed by atoms with van der Waals surface area (Å²) in [6, 6.07) is 10.1. The molecule has 0 aromatic carbocycles. The molecule has 3 aromatic rings. The Morgan fingerprint density at radius 2 is 1.72 bits per heavy atom. The molecule has 0 atom stereocenters. The Morgan fingerprint density at radius 3 is 2.44 bits per heavy atom. The summed E-state index contributed by atoms with van der Waals surface area (Å²) in [6.07, 6.45) is 9.07. The average molecular weight is 332 g/mol. The van der Waals surface area contributed by atoms with Crippen LogP contribution in [0.3, 0.4) is 0 Å². The molecular formula is C19H20N6. The van der Waals surface area contributed by atoms with E-state index in [9.17, 15) is 0 Å². The van der Waals surface area contributed by atoms with Crippen LogP contribution in [0.15, 0.2) is 55.1 Å². The van der Waals surface area contributed by atoms with Gasteiger partial charge in [0.25, 0.3) is 0 Å². The Hall–Kier alpha value is -2.86. The minimum Gasteiger partial charge on any atom is -0.356 e. The summed E-state index contributed by atoms with van der Waals surface area (Å²) < 4.78 is 0. The Balaban J connectivity index is 1.78. The van der Waals surface area contributed by atoms with Crippen LogP contribution in [0.4, 0.5) is 5.82 Å². The Bertz CT molecular complexity index is 771. The van der Waals surface area contributed by atoms with E-state index in [-0.39, 0.29) is 6.04 Å².